The minimum atomic E-state index is 0.306. The lowest BCUT2D eigenvalue weighted by Gasteiger charge is -2.24. The van der Waals surface area contributed by atoms with Crippen molar-refractivity contribution in [3.8, 4) is 0 Å². The summed E-state index contributed by atoms with van der Waals surface area (Å²) in [4.78, 5) is 7.89. The molecular weight excluding hydrogens is 190 g/mol. The summed E-state index contributed by atoms with van der Waals surface area (Å²) < 4.78 is 5.44. The summed E-state index contributed by atoms with van der Waals surface area (Å²) in [5.41, 5.74) is 1.18. The van der Waals surface area contributed by atoms with E-state index in [9.17, 15) is 0 Å². The Balaban J connectivity index is 1.71. The van der Waals surface area contributed by atoms with Crippen LogP contribution in [0, 0.1) is 0 Å². The molecule has 4 heteroatoms. The fourth-order valence-electron chi connectivity index (χ4n) is 2.18. The maximum absolute atomic E-state index is 5.44. The second-order valence-electron chi connectivity index (χ2n) is 4.43. The molecule has 2 fully saturated rings. The van der Waals surface area contributed by atoms with E-state index < -0.39 is 0 Å². The number of aromatic nitrogens is 2. The van der Waals surface area contributed by atoms with E-state index in [0.717, 1.165) is 19.8 Å². The topological polar surface area (TPSA) is 49.9 Å². The van der Waals surface area contributed by atoms with E-state index in [4.69, 9.17) is 4.74 Å². The van der Waals surface area contributed by atoms with Crippen molar-refractivity contribution < 1.29 is 4.74 Å². The van der Waals surface area contributed by atoms with Crippen LogP contribution in [-0.4, -0.2) is 29.7 Å². The highest BCUT2D eigenvalue weighted by atomic mass is 16.5. The SMILES string of the molecule is c1nc(C2CCC2)[nH]c1C1COCCN1. The smallest absolute Gasteiger partial charge is 0.109 e. The summed E-state index contributed by atoms with van der Waals surface area (Å²) in [5, 5.41) is 3.43. The number of hydrogen-bond donors (Lipinski definition) is 2. The van der Waals surface area contributed by atoms with Crippen LogP contribution in [0.5, 0.6) is 0 Å². The monoisotopic (exact) mass is 207 g/mol. The minimum absolute atomic E-state index is 0.306. The first-order valence-electron chi connectivity index (χ1n) is 5.79. The molecule has 0 spiro atoms. The van der Waals surface area contributed by atoms with E-state index in [0.29, 0.717) is 12.0 Å². The third-order valence-electron chi connectivity index (χ3n) is 3.40. The number of morpholine rings is 1. The molecule has 1 unspecified atom stereocenters. The van der Waals surface area contributed by atoms with E-state index in [1.54, 1.807) is 0 Å². The van der Waals surface area contributed by atoms with Crippen LogP contribution < -0.4 is 5.32 Å². The number of nitrogens with zero attached hydrogens (tertiary/aromatic N) is 1. The molecular formula is C11H17N3O. The van der Waals surface area contributed by atoms with Gasteiger partial charge in [0.2, 0.25) is 0 Å². The molecule has 0 radical (unpaired) electrons. The van der Waals surface area contributed by atoms with Gasteiger partial charge in [-0.3, -0.25) is 0 Å². The van der Waals surface area contributed by atoms with Gasteiger partial charge in [0.05, 0.1) is 24.9 Å². The van der Waals surface area contributed by atoms with Crippen LogP contribution in [0.1, 0.15) is 42.7 Å². The van der Waals surface area contributed by atoms with E-state index in [1.165, 1.54) is 30.8 Å². The molecule has 2 N–H and O–H groups in total. The number of nitrogens with one attached hydrogen (secondary N) is 2. The molecule has 3 rings (SSSR count). The second kappa shape index (κ2) is 3.94. The van der Waals surface area contributed by atoms with E-state index >= 15 is 0 Å². The molecule has 1 aromatic rings. The molecule has 1 saturated heterocycles. The van der Waals surface area contributed by atoms with Gasteiger partial charge >= 0.3 is 0 Å². The molecule has 0 amide bonds. The van der Waals surface area contributed by atoms with Crippen LogP contribution in [0.2, 0.25) is 0 Å². The predicted molar refractivity (Wildman–Crippen MR) is 56.7 cm³/mol. The molecule has 1 saturated carbocycles. The lowest BCUT2D eigenvalue weighted by Crippen LogP contribution is -2.34. The van der Waals surface area contributed by atoms with E-state index in [2.05, 4.69) is 15.3 Å². The zero-order chi connectivity index (χ0) is 10.1. The summed E-state index contributed by atoms with van der Waals surface area (Å²) in [6.07, 6.45) is 5.90. The Morgan fingerprint density at radius 2 is 2.33 bits per heavy atom. The Morgan fingerprint density at radius 3 is 3.00 bits per heavy atom. The van der Waals surface area contributed by atoms with Crippen molar-refractivity contribution in [1.82, 2.24) is 15.3 Å². The lowest BCUT2D eigenvalue weighted by molar-refractivity contribution is 0.0757. The first kappa shape index (κ1) is 9.36. The summed E-state index contributed by atoms with van der Waals surface area (Å²) in [5.74, 6) is 1.85. The zero-order valence-corrected chi connectivity index (χ0v) is 8.83. The van der Waals surface area contributed by atoms with Crippen molar-refractivity contribution in [3.63, 3.8) is 0 Å². The first-order chi connectivity index (χ1) is 7.43. The highest BCUT2D eigenvalue weighted by Crippen LogP contribution is 2.34. The Hall–Kier alpha value is -0.870. The van der Waals surface area contributed by atoms with Crippen molar-refractivity contribution in [1.29, 1.82) is 0 Å². The largest absolute Gasteiger partial charge is 0.378 e. The maximum atomic E-state index is 5.44. The zero-order valence-electron chi connectivity index (χ0n) is 8.83. The second-order valence-corrected chi connectivity index (χ2v) is 4.43. The van der Waals surface area contributed by atoms with Gasteiger partial charge in [-0.1, -0.05) is 6.42 Å². The quantitative estimate of drug-likeness (QED) is 0.769. The van der Waals surface area contributed by atoms with Gasteiger partial charge in [-0.2, -0.15) is 0 Å². The van der Waals surface area contributed by atoms with Crippen LogP contribution in [0.4, 0.5) is 0 Å². The van der Waals surface area contributed by atoms with Crippen LogP contribution in [0.15, 0.2) is 6.20 Å². The number of H-pyrrole nitrogens is 1. The number of imidazole rings is 1. The molecule has 0 aromatic carbocycles. The molecule has 0 bridgehead atoms. The fourth-order valence-corrected chi connectivity index (χ4v) is 2.18. The van der Waals surface area contributed by atoms with Crippen LogP contribution in [0.3, 0.4) is 0 Å². The van der Waals surface area contributed by atoms with Gasteiger partial charge in [-0.05, 0) is 12.8 Å². The number of ether oxygens (including phenoxy) is 1. The first-order valence-corrected chi connectivity index (χ1v) is 5.79. The highest BCUT2D eigenvalue weighted by molar-refractivity contribution is 5.11. The summed E-state index contributed by atoms with van der Waals surface area (Å²) >= 11 is 0. The molecule has 1 aliphatic heterocycles. The average Bonchev–Trinajstić information content (AvgIpc) is 2.66. The molecule has 1 atom stereocenters. The number of hydrogen-bond acceptors (Lipinski definition) is 3. The molecule has 1 aliphatic carbocycles. The van der Waals surface area contributed by atoms with Crippen molar-refractivity contribution in [2.45, 2.75) is 31.2 Å². The van der Waals surface area contributed by atoms with Crippen LogP contribution in [-0.2, 0) is 4.74 Å². The number of aromatic amines is 1. The summed E-state index contributed by atoms with van der Waals surface area (Å²) in [7, 11) is 0. The molecule has 4 nitrogen and oxygen atoms in total. The number of rotatable bonds is 2. The highest BCUT2D eigenvalue weighted by Gasteiger charge is 2.24. The van der Waals surface area contributed by atoms with Crippen molar-refractivity contribution in [3.05, 3.63) is 17.7 Å². The Morgan fingerprint density at radius 1 is 1.40 bits per heavy atom. The summed E-state index contributed by atoms with van der Waals surface area (Å²) in [6, 6.07) is 0.306. The Bertz CT molecular complexity index is 326. The molecule has 2 heterocycles. The van der Waals surface area contributed by atoms with Crippen LogP contribution >= 0.6 is 0 Å². The molecule has 15 heavy (non-hydrogen) atoms. The van der Waals surface area contributed by atoms with Crippen molar-refractivity contribution in [2.75, 3.05) is 19.8 Å². The predicted octanol–water partition coefficient (Wildman–Crippen LogP) is 1.34. The molecule has 2 aliphatic rings. The minimum Gasteiger partial charge on any atom is -0.378 e. The van der Waals surface area contributed by atoms with Gasteiger partial charge < -0.3 is 15.0 Å². The maximum Gasteiger partial charge on any atom is 0.109 e. The standard InChI is InChI=1S/C11H17N3O/c1-2-8(3-1)11-13-6-9(14-11)10-7-15-5-4-12-10/h6,8,10,12H,1-5,7H2,(H,13,14). The van der Waals surface area contributed by atoms with E-state index in [-0.39, 0.29) is 0 Å². The molecule has 1 aromatic heterocycles. The van der Waals surface area contributed by atoms with E-state index in [1.807, 2.05) is 6.20 Å². The fraction of sp³-hybridized carbons (Fsp3) is 0.727. The Kier molecular flexibility index (Phi) is 2.46. The normalized spacial score (nSPS) is 27.6. The van der Waals surface area contributed by atoms with Gasteiger partial charge in [0.15, 0.2) is 0 Å². The van der Waals surface area contributed by atoms with Crippen molar-refractivity contribution >= 4 is 0 Å². The summed E-state index contributed by atoms with van der Waals surface area (Å²) in [6.45, 7) is 2.51. The van der Waals surface area contributed by atoms with Gasteiger partial charge in [-0.15, -0.1) is 0 Å². The van der Waals surface area contributed by atoms with Crippen LogP contribution in [0.25, 0.3) is 0 Å². The van der Waals surface area contributed by atoms with Crippen molar-refractivity contribution in [2.24, 2.45) is 0 Å². The lowest BCUT2D eigenvalue weighted by atomic mass is 9.85. The third kappa shape index (κ3) is 1.79. The third-order valence-corrected chi connectivity index (χ3v) is 3.40. The van der Waals surface area contributed by atoms with Gasteiger partial charge in [0, 0.05) is 18.7 Å². The molecule has 82 valence electrons. The van der Waals surface area contributed by atoms with Gasteiger partial charge in [0.1, 0.15) is 5.82 Å². The Labute approximate surface area is 89.4 Å². The van der Waals surface area contributed by atoms with Gasteiger partial charge in [-0.25, -0.2) is 4.98 Å². The van der Waals surface area contributed by atoms with Gasteiger partial charge in [0.25, 0.3) is 0 Å². The average molecular weight is 207 g/mol.